The maximum absolute atomic E-state index is 6.59. The second-order valence-corrected chi connectivity index (χ2v) is 8.33. The van der Waals surface area contributed by atoms with Crippen molar-refractivity contribution in [1.29, 1.82) is 0 Å². The minimum absolute atomic E-state index is 0.289. The van der Waals surface area contributed by atoms with Crippen LogP contribution in [0, 0.1) is 0 Å². The molecule has 122 valence electrons. The third-order valence-corrected chi connectivity index (χ3v) is 6.61. The minimum Gasteiger partial charge on any atom is -0.335 e. The second kappa shape index (κ2) is 6.30. The van der Waals surface area contributed by atoms with Crippen LogP contribution in [0.1, 0.15) is 16.7 Å². The Bertz CT molecular complexity index is 895. The number of imidazole rings is 1. The van der Waals surface area contributed by atoms with Gasteiger partial charge in [-0.2, -0.15) is 0 Å². The molecule has 1 aromatic heterocycles. The van der Waals surface area contributed by atoms with Crippen LogP contribution in [-0.2, 0) is 17.0 Å². The maximum Gasteiger partial charge on any atom is 0.0946 e. The van der Waals surface area contributed by atoms with Gasteiger partial charge in [0.2, 0.25) is 0 Å². The SMILES string of the molecule is Clc1ccc(C2(Cn3ccnc3)SCc3cc(Cl)ccc32)c(Cl)c1. The van der Waals surface area contributed by atoms with Crippen LogP contribution >= 0.6 is 46.6 Å². The van der Waals surface area contributed by atoms with Crippen molar-refractivity contribution in [2.45, 2.75) is 17.0 Å². The molecule has 2 nitrogen and oxygen atoms in total. The Morgan fingerprint density at radius 2 is 1.79 bits per heavy atom. The van der Waals surface area contributed by atoms with E-state index < -0.39 is 0 Å². The van der Waals surface area contributed by atoms with Crippen molar-refractivity contribution in [3.05, 3.63) is 86.9 Å². The number of rotatable bonds is 3. The van der Waals surface area contributed by atoms with Gasteiger partial charge in [0.15, 0.2) is 0 Å². The third kappa shape index (κ3) is 2.74. The van der Waals surface area contributed by atoms with Gasteiger partial charge in [-0.05, 0) is 41.0 Å². The first-order valence-electron chi connectivity index (χ1n) is 7.43. The summed E-state index contributed by atoms with van der Waals surface area (Å²) < 4.78 is 1.80. The van der Waals surface area contributed by atoms with E-state index in [1.807, 2.05) is 54.6 Å². The van der Waals surface area contributed by atoms with Gasteiger partial charge in [-0.25, -0.2) is 4.98 Å². The molecule has 0 spiro atoms. The van der Waals surface area contributed by atoms with E-state index in [-0.39, 0.29) is 4.75 Å². The smallest absolute Gasteiger partial charge is 0.0946 e. The van der Waals surface area contributed by atoms with Gasteiger partial charge < -0.3 is 4.57 Å². The number of benzene rings is 2. The summed E-state index contributed by atoms with van der Waals surface area (Å²) in [4.78, 5) is 4.17. The highest BCUT2D eigenvalue weighted by Crippen LogP contribution is 2.54. The summed E-state index contributed by atoms with van der Waals surface area (Å²) in [6.45, 7) is 0.744. The zero-order valence-corrected chi connectivity index (χ0v) is 15.6. The molecule has 2 aromatic carbocycles. The van der Waals surface area contributed by atoms with E-state index in [1.54, 1.807) is 6.20 Å². The average Bonchev–Trinajstić information content (AvgIpc) is 3.16. The standard InChI is InChI=1S/C18H13Cl3N2S/c19-13-1-3-15-12(7-13)9-24-18(15,10-23-6-5-22-11-23)16-4-2-14(20)8-17(16)21/h1-8,11H,9-10H2. The Morgan fingerprint density at radius 1 is 1.04 bits per heavy atom. The fraction of sp³-hybridized carbons (Fsp3) is 0.167. The Balaban J connectivity index is 1.92. The van der Waals surface area contributed by atoms with Crippen LogP contribution in [0.2, 0.25) is 15.1 Å². The summed E-state index contributed by atoms with van der Waals surface area (Å²) in [6.07, 6.45) is 5.60. The monoisotopic (exact) mass is 394 g/mol. The van der Waals surface area contributed by atoms with Crippen molar-refractivity contribution in [2.24, 2.45) is 0 Å². The number of thioether (sulfide) groups is 1. The fourth-order valence-electron chi connectivity index (χ4n) is 3.25. The molecule has 0 aliphatic carbocycles. The summed E-state index contributed by atoms with van der Waals surface area (Å²) in [5.74, 6) is 0.892. The van der Waals surface area contributed by atoms with Gasteiger partial charge in [-0.1, -0.05) is 46.9 Å². The van der Waals surface area contributed by atoms with Crippen molar-refractivity contribution < 1.29 is 0 Å². The van der Waals surface area contributed by atoms with Crippen LogP contribution in [0.3, 0.4) is 0 Å². The van der Waals surface area contributed by atoms with E-state index >= 15 is 0 Å². The molecule has 1 unspecified atom stereocenters. The molecule has 0 saturated heterocycles. The predicted molar refractivity (Wildman–Crippen MR) is 102 cm³/mol. The lowest BCUT2D eigenvalue weighted by Crippen LogP contribution is -2.27. The number of aromatic nitrogens is 2. The molecular formula is C18H13Cl3N2S. The molecule has 0 saturated carbocycles. The lowest BCUT2D eigenvalue weighted by molar-refractivity contribution is 0.585. The van der Waals surface area contributed by atoms with Crippen molar-refractivity contribution >= 4 is 46.6 Å². The number of hydrogen-bond donors (Lipinski definition) is 0. The molecule has 1 aliphatic rings. The van der Waals surface area contributed by atoms with E-state index in [2.05, 4.69) is 15.6 Å². The van der Waals surface area contributed by atoms with Crippen molar-refractivity contribution in [2.75, 3.05) is 0 Å². The molecule has 0 amide bonds. The third-order valence-electron chi connectivity index (χ3n) is 4.31. The molecule has 0 radical (unpaired) electrons. The molecule has 24 heavy (non-hydrogen) atoms. The Morgan fingerprint density at radius 3 is 2.50 bits per heavy atom. The van der Waals surface area contributed by atoms with E-state index in [1.165, 1.54) is 11.1 Å². The molecule has 6 heteroatoms. The zero-order chi connectivity index (χ0) is 16.7. The number of hydrogen-bond acceptors (Lipinski definition) is 2. The maximum atomic E-state index is 6.59. The van der Waals surface area contributed by atoms with Gasteiger partial charge in [0.05, 0.1) is 11.1 Å². The average molecular weight is 396 g/mol. The fourth-order valence-corrected chi connectivity index (χ4v) is 5.64. The first-order valence-corrected chi connectivity index (χ1v) is 9.54. The summed E-state index contributed by atoms with van der Waals surface area (Å²) in [5.41, 5.74) is 3.56. The topological polar surface area (TPSA) is 17.8 Å². The highest BCUT2D eigenvalue weighted by molar-refractivity contribution is 8.00. The summed E-state index contributed by atoms with van der Waals surface area (Å²) in [7, 11) is 0. The Kier molecular flexibility index (Phi) is 4.29. The van der Waals surface area contributed by atoms with Crippen LogP contribution in [0.15, 0.2) is 55.1 Å². The highest BCUT2D eigenvalue weighted by Gasteiger charge is 2.43. The van der Waals surface area contributed by atoms with Crippen LogP contribution in [0.4, 0.5) is 0 Å². The highest BCUT2D eigenvalue weighted by atomic mass is 35.5. The summed E-state index contributed by atoms with van der Waals surface area (Å²) >= 11 is 20.8. The molecule has 1 atom stereocenters. The van der Waals surface area contributed by atoms with E-state index in [9.17, 15) is 0 Å². The molecular weight excluding hydrogens is 383 g/mol. The van der Waals surface area contributed by atoms with Crippen molar-refractivity contribution in [3.8, 4) is 0 Å². The molecule has 1 aliphatic heterocycles. The van der Waals surface area contributed by atoms with Gasteiger partial charge in [-0.3, -0.25) is 0 Å². The van der Waals surface area contributed by atoms with E-state index in [0.29, 0.717) is 10.0 Å². The van der Waals surface area contributed by atoms with Crippen LogP contribution in [0.5, 0.6) is 0 Å². The second-order valence-electron chi connectivity index (χ2n) is 5.78. The minimum atomic E-state index is -0.289. The van der Waals surface area contributed by atoms with Crippen molar-refractivity contribution in [3.63, 3.8) is 0 Å². The largest absolute Gasteiger partial charge is 0.335 e. The van der Waals surface area contributed by atoms with Gasteiger partial charge >= 0.3 is 0 Å². The van der Waals surface area contributed by atoms with E-state index in [0.717, 1.165) is 22.9 Å². The van der Waals surface area contributed by atoms with Crippen LogP contribution < -0.4 is 0 Å². The first kappa shape index (κ1) is 16.3. The number of nitrogens with zero attached hydrogens (tertiary/aromatic N) is 2. The first-order chi connectivity index (χ1) is 11.6. The normalized spacial score (nSPS) is 19.5. The Hall–Kier alpha value is -1.13. The summed E-state index contributed by atoms with van der Waals surface area (Å²) in [5, 5.41) is 2.08. The van der Waals surface area contributed by atoms with Gasteiger partial charge in [0.1, 0.15) is 0 Å². The van der Waals surface area contributed by atoms with Gasteiger partial charge in [0, 0.05) is 39.8 Å². The van der Waals surface area contributed by atoms with Gasteiger partial charge in [-0.15, -0.1) is 11.8 Å². The molecule has 4 rings (SSSR count). The molecule has 0 fully saturated rings. The number of fused-ring (bicyclic) bond motifs is 1. The zero-order valence-electron chi connectivity index (χ0n) is 12.5. The lowest BCUT2D eigenvalue weighted by atomic mass is 9.87. The number of halogens is 3. The van der Waals surface area contributed by atoms with Crippen molar-refractivity contribution in [1.82, 2.24) is 9.55 Å². The van der Waals surface area contributed by atoms with Crippen LogP contribution in [0.25, 0.3) is 0 Å². The summed E-state index contributed by atoms with van der Waals surface area (Å²) in [6, 6.07) is 11.8. The predicted octanol–water partition coefficient (Wildman–Crippen LogP) is 6.03. The molecule has 0 bridgehead atoms. The Labute approximate surface area is 159 Å². The van der Waals surface area contributed by atoms with Crippen LogP contribution in [-0.4, -0.2) is 9.55 Å². The lowest BCUT2D eigenvalue weighted by Gasteiger charge is -2.31. The molecule has 0 N–H and O–H groups in total. The molecule has 2 heterocycles. The quantitative estimate of drug-likeness (QED) is 0.538. The van der Waals surface area contributed by atoms with E-state index in [4.69, 9.17) is 34.8 Å². The molecule has 3 aromatic rings. The van der Waals surface area contributed by atoms with Gasteiger partial charge in [0.25, 0.3) is 0 Å².